The number of ether oxygens (including phenoxy) is 3. The van der Waals surface area contributed by atoms with Crippen molar-refractivity contribution in [2.75, 3.05) is 43.3 Å². The summed E-state index contributed by atoms with van der Waals surface area (Å²) in [5.74, 6) is 1.22. The maximum absolute atomic E-state index is 12.3. The quantitative estimate of drug-likeness (QED) is 0.665. The zero-order valence-electron chi connectivity index (χ0n) is 15.6. The van der Waals surface area contributed by atoms with Crippen LogP contribution in [0.25, 0.3) is 16.3 Å². The van der Waals surface area contributed by atoms with Crippen LogP contribution in [0.4, 0.5) is 10.8 Å². The molecule has 1 amide bonds. The lowest BCUT2D eigenvalue weighted by molar-refractivity contribution is -0.111. The number of amides is 1. The van der Waals surface area contributed by atoms with Crippen LogP contribution in [0.5, 0.6) is 11.5 Å². The average molecular weight is 409 g/mol. The Morgan fingerprint density at radius 2 is 1.97 bits per heavy atom. The standard InChI is InChI=1S/C21H19N3O4S/c25-20(6-2-14-1-5-17-18(11-14)28-13-27-17)22-15-3-4-16-19(12-15)29-21(23-16)24-7-9-26-10-8-24/h1-6,11-12H,7-10,13H2,(H,22,25)/b6-2+. The maximum atomic E-state index is 12.3. The lowest BCUT2D eigenvalue weighted by atomic mass is 10.2. The fourth-order valence-corrected chi connectivity index (χ4v) is 4.31. The zero-order valence-corrected chi connectivity index (χ0v) is 16.4. The molecule has 148 valence electrons. The van der Waals surface area contributed by atoms with Gasteiger partial charge in [-0.25, -0.2) is 4.98 Å². The number of carbonyl (C=O) groups is 1. The largest absolute Gasteiger partial charge is 0.454 e. The number of carbonyl (C=O) groups excluding carboxylic acids is 1. The SMILES string of the molecule is O=C(/C=C/c1ccc2c(c1)OCO2)Nc1ccc2nc(N3CCOCC3)sc2c1. The smallest absolute Gasteiger partial charge is 0.248 e. The summed E-state index contributed by atoms with van der Waals surface area (Å²) >= 11 is 1.63. The number of morpholine rings is 1. The second-order valence-electron chi connectivity index (χ2n) is 6.71. The van der Waals surface area contributed by atoms with E-state index < -0.39 is 0 Å². The van der Waals surface area contributed by atoms with Crippen LogP contribution in [-0.4, -0.2) is 44.0 Å². The van der Waals surface area contributed by atoms with Gasteiger partial charge in [0.2, 0.25) is 12.7 Å². The van der Waals surface area contributed by atoms with E-state index in [4.69, 9.17) is 19.2 Å². The van der Waals surface area contributed by atoms with Crippen LogP contribution in [0.1, 0.15) is 5.56 Å². The van der Waals surface area contributed by atoms with Crippen molar-refractivity contribution in [3.8, 4) is 11.5 Å². The Labute approximate surface area is 171 Å². The number of benzene rings is 2. The molecule has 3 aromatic rings. The molecule has 0 bridgehead atoms. The molecule has 0 spiro atoms. The highest BCUT2D eigenvalue weighted by molar-refractivity contribution is 7.22. The molecule has 3 heterocycles. The van der Waals surface area contributed by atoms with E-state index in [1.807, 2.05) is 36.4 Å². The Hall–Kier alpha value is -3.10. The summed E-state index contributed by atoms with van der Waals surface area (Å²) in [5.41, 5.74) is 2.55. The lowest BCUT2D eigenvalue weighted by Gasteiger charge is -2.25. The number of nitrogens with zero attached hydrogens (tertiary/aromatic N) is 2. The van der Waals surface area contributed by atoms with Gasteiger partial charge in [-0.2, -0.15) is 0 Å². The van der Waals surface area contributed by atoms with Gasteiger partial charge >= 0.3 is 0 Å². The number of aromatic nitrogens is 1. The number of hydrogen-bond donors (Lipinski definition) is 1. The van der Waals surface area contributed by atoms with Crippen LogP contribution in [0.15, 0.2) is 42.5 Å². The summed E-state index contributed by atoms with van der Waals surface area (Å²) in [5, 5.41) is 3.90. The van der Waals surface area contributed by atoms with Crippen LogP contribution in [0, 0.1) is 0 Å². The van der Waals surface area contributed by atoms with E-state index in [2.05, 4.69) is 10.2 Å². The molecule has 1 aromatic heterocycles. The molecule has 1 saturated heterocycles. The summed E-state index contributed by atoms with van der Waals surface area (Å²) in [6, 6.07) is 11.3. The third-order valence-electron chi connectivity index (χ3n) is 4.75. The van der Waals surface area contributed by atoms with Crippen molar-refractivity contribution in [3.63, 3.8) is 0 Å². The molecule has 0 saturated carbocycles. The number of hydrogen-bond acceptors (Lipinski definition) is 7. The van der Waals surface area contributed by atoms with Crippen molar-refractivity contribution < 1.29 is 19.0 Å². The summed E-state index contributed by atoms with van der Waals surface area (Å²) in [7, 11) is 0. The van der Waals surface area contributed by atoms with Gasteiger partial charge in [0, 0.05) is 24.9 Å². The molecule has 2 aliphatic heterocycles. The fraction of sp³-hybridized carbons (Fsp3) is 0.238. The molecule has 2 aromatic carbocycles. The summed E-state index contributed by atoms with van der Waals surface area (Å²) in [6.45, 7) is 3.40. The van der Waals surface area contributed by atoms with Crippen molar-refractivity contribution in [3.05, 3.63) is 48.0 Å². The predicted octanol–water partition coefficient (Wildman–Crippen LogP) is 3.51. The van der Waals surface area contributed by atoms with E-state index in [1.165, 1.54) is 6.08 Å². The highest BCUT2D eigenvalue weighted by atomic mass is 32.1. The molecule has 5 rings (SSSR count). The van der Waals surface area contributed by atoms with Gasteiger partial charge in [-0.15, -0.1) is 0 Å². The Morgan fingerprint density at radius 1 is 1.10 bits per heavy atom. The minimum Gasteiger partial charge on any atom is -0.454 e. The first kappa shape index (κ1) is 18.0. The number of fused-ring (bicyclic) bond motifs is 2. The van der Waals surface area contributed by atoms with Crippen molar-refractivity contribution >= 4 is 44.4 Å². The van der Waals surface area contributed by atoms with Crippen LogP contribution in [0.3, 0.4) is 0 Å². The van der Waals surface area contributed by atoms with E-state index in [0.717, 1.165) is 58.7 Å². The van der Waals surface area contributed by atoms with E-state index in [9.17, 15) is 4.79 Å². The molecule has 0 atom stereocenters. The molecule has 7 nitrogen and oxygen atoms in total. The van der Waals surface area contributed by atoms with E-state index in [0.29, 0.717) is 5.75 Å². The van der Waals surface area contributed by atoms with Crippen molar-refractivity contribution in [1.29, 1.82) is 0 Å². The molecule has 0 radical (unpaired) electrons. The van der Waals surface area contributed by atoms with Crippen LogP contribution in [-0.2, 0) is 9.53 Å². The first-order chi connectivity index (χ1) is 14.2. The highest BCUT2D eigenvalue weighted by Gasteiger charge is 2.16. The first-order valence-corrected chi connectivity index (χ1v) is 10.2. The number of nitrogens with one attached hydrogen (secondary N) is 1. The van der Waals surface area contributed by atoms with Gasteiger partial charge in [-0.05, 0) is 42.0 Å². The van der Waals surface area contributed by atoms with Gasteiger partial charge in [-0.1, -0.05) is 17.4 Å². The van der Waals surface area contributed by atoms with E-state index >= 15 is 0 Å². The summed E-state index contributed by atoms with van der Waals surface area (Å²) in [4.78, 5) is 19.3. The van der Waals surface area contributed by atoms with E-state index in [1.54, 1.807) is 17.4 Å². The van der Waals surface area contributed by atoms with Crippen molar-refractivity contribution in [2.45, 2.75) is 0 Å². The molecule has 1 N–H and O–H groups in total. The lowest BCUT2D eigenvalue weighted by Crippen LogP contribution is -2.36. The second-order valence-corrected chi connectivity index (χ2v) is 7.72. The van der Waals surface area contributed by atoms with E-state index in [-0.39, 0.29) is 12.7 Å². The monoisotopic (exact) mass is 409 g/mol. The Morgan fingerprint density at radius 3 is 2.86 bits per heavy atom. The van der Waals surface area contributed by atoms with Gasteiger partial charge < -0.3 is 24.4 Å². The Kier molecular flexibility index (Phi) is 4.79. The predicted molar refractivity (Wildman–Crippen MR) is 113 cm³/mol. The summed E-state index contributed by atoms with van der Waals surface area (Å²) in [6.07, 6.45) is 3.26. The highest BCUT2D eigenvalue weighted by Crippen LogP contribution is 2.33. The number of rotatable bonds is 4. The fourth-order valence-electron chi connectivity index (χ4n) is 3.25. The summed E-state index contributed by atoms with van der Waals surface area (Å²) < 4.78 is 17.1. The third-order valence-corrected chi connectivity index (χ3v) is 5.83. The first-order valence-electron chi connectivity index (χ1n) is 9.37. The van der Waals surface area contributed by atoms with Crippen LogP contribution < -0.4 is 19.7 Å². The minimum absolute atomic E-state index is 0.195. The molecule has 0 unspecified atom stereocenters. The molecule has 8 heteroatoms. The Balaban J connectivity index is 1.27. The third kappa shape index (κ3) is 3.90. The van der Waals surface area contributed by atoms with Gasteiger partial charge in [0.15, 0.2) is 16.6 Å². The zero-order chi connectivity index (χ0) is 19.6. The molecule has 2 aliphatic rings. The molecule has 29 heavy (non-hydrogen) atoms. The number of anilines is 2. The molecule has 1 fully saturated rings. The van der Waals surface area contributed by atoms with Gasteiger partial charge in [0.05, 0.1) is 23.4 Å². The van der Waals surface area contributed by atoms with Gasteiger partial charge in [-0.3, -0.25) is 4.79 Å². The normalized spacial score (nSPS) is 15.9. The van der Waals surface area contributed by atoms with Crippen molar-refractivity contribution in [1.82, 2.24) is 4.98 Å². The van der Waals surface area contributed by atoms with Crippen LogP contribution in [0.2, 0.25) is 0 Å². The van der Waals surface area contributed by atoms with Crippen LogP contribution >= 0.6 is 11.3 Å². The molecular weight excluding hydrogens is 390 g/mol. The molecular formula is C21H19N3O4S. The topological polar surface area (TPSA) is 72.9 Å². The molecule has 0 aliphatic carbocycles. The number of thiazole rings is 1. The maximum Gasteiger partial charge on any atom is 0.248 e. The second kappa shape index (κ2) is 7.73. The average Bonchev–Trinajstić information content (AvgIpc) is 3.39. The Bertz CT molecular complexity index is 1090. The minimum atomic E-state index is -0.195. The van der Waals surface area contributed by atoms with Gasteiger partial charge in [0.1, 0.15) is 0 Å². The van der Waals surface area contributed by atoms with Gasteiger partial charge in [0.25, 0.3) is 0 Å². The van der Waals surface area contributed by atoms with Crippen molar-refractivity contribution in [2.24, 2.45) is 0 Å².